The minimum Gasteiger partial charge on any atom is -0.456 e. The molecule has 0 bridgehead atoms. The molecule has 2 aromatic rings. The van der Waals surface area contributed by atoms with E-state index in [0.717, 1.165) is 16.9 Å². The molecule has 0 radical (unpaired) electrons. The van der Waals surface area contributed by atoms with Crippen LogP contribution in [0.25, 0.3) is 23.1 Å². The van der Waals surface area contributed by atoms with Gasteiger partial charge in [0.2, 0.25) is 0 Å². The molecule has 1 nitrogen and oxygen atoms in total. The predicted molar refractivity (Wildman–Crippen MR) is 75.1 cm³/mol. The second-order valence-electron chi connectivity index (χ2n) is 4.46. The molecule has 0 unspecified atom stereocenters. The zero-order chi connectivity index (χ0) is 12.4. The van der Waals surface area contributed by atoms with Crippen LogP contribution in [-0.4, -0.2) is 0 Å². The van der Waals surface area contributed by atoms with Gasteiger partial charge in [0, 0.05) is 10.9 Å². The fraction of sp³-hybridized carbons (Fsp3) is 0.250. The Morgan fingerprint density at radius 3 is 2.65 bits per heavy atom. The molecule has 1 heteroatoms. The SMILES string of the molecule is C=Cc1oc2c(C(C)C)cccc2c1/C=C\C. The first-order valence-corrected chi connectivity index (χ1v) is 5.99. The lowest BCUT2D eigenvalue weighted by atomic mass is 9.99. The first kappa shape index (κ1) is 11.7. The Labute approximate surface area is 102 Å². The average Bonchev–Trinajstić information content (AvgIpc) is 2.67. The second kappa shape index (κ2) is 4.62. The molecular formula is C16H18O. The molecule has 0 saturated heterocycles. The van der Waals surface area contributed by atoms with Crippen molar-refractivity contribution in [2.24, 2.45) is 0 Å². The molecule has 0 spiro atoms. The standard InChI is InChI=1S/C16H18O/c1-5-8-13-14-10-7-9-12(11(3)4)16(14)17-15(13)6-2/h5-11H,2H2,1,3-4H3/b8-5-. The van der Waals surface area contributed by atoms with Crippen molar-refractivity contribution in [3.63, 3.8) is 0 Å². The summed E-state index contributed by atoms with van der Waals surface area (Å²) in [7, 11) is 0. The molecule has 0 aliphatic rings. The molecule has 0 amide bonds. The highest BCUT2D eigenvalue weighted by atomic mass is 16.3. The van der Waals surface area contributed by atoms with Crippen LogP contribution in [0.4, 0.5) is 0 Å². The van der Waals surface area contributed by atoms with Crippen molar-refractivity contribution in [1.82, 2.24) is 0 Å². The Kier molecular flexibility index (Phi) is 3.19. The number of allylic oxidation sites excluding steroid dienone is 1. The minimum atomic E-state index is 0.459. The molecule has 0 N–H and O–H groups in total. The van der Waals surface area contributed by atoms with Gasteiger partial charge in [-0.05, 0) is 24.5 Å². The van der Waals surface area contributed by atoms with E-state index in [9.17, 15) is 0 Å². The number of hydrogen-bond donors (Lipinski definition) is 0. The van der Waals surface area contributed by atoms with Crippen LogP contribution in [0.2, 0.25) is 0 Å². The van der Waals surface area contributed by atoms with Crippen LogP contribution < -0.4 is 0 Å². The lowest BCUT2D eigenvalue weighted by Crippen LogP contribution is -1.86. The van der Waals surface area contributed by atoms with E-state index in [4.69, 9.17) is 4.42 Å². The van der Waals surface area contributed by atoms with Gasteiger partial charge < -0.3 is 4.42 Å². The highest BCUT2D eigenvalue weighted by molar-refractivity contribution is 5.92. The number of para-hydroxylation sites is 1. The third kappa shape index (κ3) is 1.93. The van der Waals surface area contributed by atoms with Gasteiger partial charge in [-0.15, -0.1) is 0 Å². The Morgan fingerprint density at radius 2 is 2.06 bits per heavy atom. The predicted octanol–water partition coefficient (Wildman–Crippen LogP) is 5.23. The van der Waals surface area contributed by atoms with Gasteiger partial charge in [0.05, 0.1) is 0 Å². The molecule has 0 aliphatic carbocycles. The Balaban J connectivity index is 2.81. The lowest BCUT2D eigenvalue weighted by Gasteiger charge is -2.04. The van der Waals surface area contributed by atoms with E-state index in [2.05, 4.69) is 44.7 Å². The first-order chi connectivity index (χ1) is 8.19. The largest absolute Gasteiger partial charge is 0.456 e. The maximum atomic E-state index is 5.92. The van der Waals surface area contributed by atoms with Crippen LogP contribution in [0.15, 0.2) is 35.3 Å². The van der Waals surface area contributed by atoms with Crippen LogP contribution in [0.1, 0.15) is 43.6 Å². The van der Waals surface area contributed by atoms with Gasteiger partial charge in [0.25, 0.3) is 0 Å². The molecule has 1 aromatic heterocycles. The summed E-state index contributed by atoms with van der Waals surface area (Å²) < 4.78 is 5.92. The van der Waals surface area contributed by atoms with Crippen molar-refractivity contribution in [3.05, 3.63) is 47.7 Å². The van der Waals surface area contributed by atoms with Gasteiger partial charge in [0.15, 0.2) is 0 Å². The van der Waals surface area contributed by atoms with E-state index in [0.29, 0.717) is 5.92 Å². The van der Waals surface area contributed by atoms with Crippen molar-refractivity contribution >= 4 is 23.1 Å². The molecule has 0 aliphatic heterocycles. The summed E-state index contributed by atoms with van der Waals surface area (Å²) >= 11 is 0. The third-order valence-corrected chi connectivity index (χ3v) is 2.95. The highest BCUT2D eigenvalue weighted by Crippen LogP contribution is 2.33. The van der Waals surface area contributed by atoms with E-state index < -0.39 is 0 Å². The maximum absolute atomic E-state index is 5.92. The van der Waals surface area contributed by atoms with Crippen molar-refractivity contribution < 1.29 is 4.42 Å². The lowest BCUT2D eigenvalue weighted by molar-refractivity contribution is 0.595. The van der Waals surface area contributed by atoms with Gasteiger partial charge >= 0.3 is 0 Å². The Bertz CT molecular complexity index is 570. The molecule has 1 aromatic carbocycles. The average molecular weight is 226 g/mol. The molecule has 17 heavy (non-hydrogen) atoms. The number of furan rings is 1. The van der Waals surface area contributed by atoms with Gasteiger partial charge in [-0.3, -0.25) is 0 Å². The van der Waals surface area contributed by atoms with Gasteiger partial charge in [0.1, 0.15) is 11.3 Å². The molecule has 2 rings (SSSR count). The van der Waals surface area contributed by atoms with Crippen molar-refractivity contribution in [2.45, 2.75) is 26.7 Å². The number of benzene rings is 1. The summed E-state index contributed by atoms with van der Waals surface area (Å²) in [5, 5.41) is 1.17. The van der Waals surface area contributed by atoms with E-state index in [1.54, 1.807) is 6.08 Å². The van der Waals surface area contributed by atoms with E-state index >= 15 is 0 Å². The van der Waals surface area contributed by atoms with Gasteiger partial charge in [-0.1, -0.05) is 50.8 Å². The van der Waals surface area contributed by atoms with Crippen LogP contribution in [0, 0.1) is 0 Å². The van der Waals surface area contributed by atoms with Crippen molar-refractivity contribution in [3.8, 4) is 0 Å². The van der Waals surface area contributed by atoms with Gasteiger partial charge in [-0.25, -0.2) is 0 Å². The summed E-state index contributed by atoms with van der Waals surface area (Å²) in [5.41, 5.74) is 3.37. The number of fused-ring (bicyclic) bond motifs is 1. The second-order valence-corrected chi connectivity index (χ2v) is 4.46. The quantitative estimate of drug-likeness (QED) is 0.698. The summed E-state index contributed by atoms with van der Waals surface area (Å²) in [5.74, 6) is 1.31. The maximum Gasteiger partial charge on any atom is 0.138 e. The summed E-state index contributed by atoms with van der Waals surface area (Å²) in [6.45, 7) is 10.2. The van der Waals surface area contributed by atoms with E-state index in [1.807, 2.05) is 13.0 Å². The Hall–Kier alpha value is -1.76. The molecule has 0 fully saturated rings. The van der Waals surface area contributed by atoms with Crippen LogP contribution >= 0.6 is 0 Å². The zero-order valence-corrected chi connectivity index (χ0v) is 10.7. The minimum absolute atomic E-state index is 0.459. The van der Waals surface area contributed by atoms with Crippen LogP contribution in [0.5, 0.6) is 0 Å². The summed E-state index contributed by atoms with van der Waals surface area (Å²) in [6, 6.07) is 6.32. The van der Waals surface area contributed by atoms with E-state index in [-0.39, 0.29) is 0 Å². The molecule has 1 heterocycles. The molecule has 0 atom stereocenters. The number of hydrogen-bond acceptors (Lipinski definition) is 1. The van der Waals surface area contributed by atoms with Gasteiger partial charge in [-0.2, -0.15) is 0 Å². The van der Waals surface area contributed by atoms with Crippen molar-refractivity contribution in [1.29, 1.82) is 0 Å². The molecule has 0 saturated carbocycles. The first-order valence-electron chi connectivity index (χ1n) is 5.99. The zero-order valence-electron chi connectivity index (χ0n) is 10.7. The topological polar surface area (TPSA) is 13.1 Å². The van der Waals surface area contributed by atoms with Crippen LogP contribution in [-0.2, 0) is 0 Å². The van der Waals surface area contributed by atoms with E-state index in [1.165, 1.54) is 10.9 Å². The third-order valence-electron chi connectivity index (χ3n) is 2.95. The smallest absolute Gasteiger partial charge is 0.138 e. The summed E-state index contributed by atoms with van der Waals surface area (Å²) in [6.07, 6.45) is 5.88. The number of rotatable bonds is 3. The van der Waals surface area contributed by atoms with Crippen LogP contribution in [0.3, 0.4) is 0 Å². The molecular weight excluding hydrogens is 208 g/mol. The Morgan fingerprint density at radius 1 is 1.29 bits per heavy atom. The monoisotopic (exact) mass is 226 g/mol. The fourth-order valence-electron chi connectivity index (χ4n) is 2.12. The molecule has 88 valence electrons. The normalized spacial score (nSPS) is 11.8. The summed E-state index contributed by atoms with van der Waals surface area (Å²) in [4.78, 5) is 0. The van der Waals surface area contributed by atoms with Crippen molar-refractivity contribution in [2.75, 3.05) is 0 Å². The highest BCUT2D eigenvalue weighted by Gasteiger charge is 2.14. The fourth-order valence-corrected chi connectivity index (χ4v) is 2.12.